The highest BCUT2D eigenvalue weighted by molar-refractivity contribution is 9.10. The van der Waals surface area contributed by atoms with Crippen molar-refractivity contribution in [1.29, 1.82) is 0 Å². The Balaban J connectivity index is 2.13. The second kappa shape index (κ2) is 5.48. The Morgan fingerprint density at radius 2 is 2.24 bits per heavy atom. The summed E-state index contributed by atoms with van der Waals surface area (Å²) in [6, 6.07) is 6.55. The van der Waals surface area contributed by atoms with Gasteiger partial charge in [-0.15, -0.1) is 0 Å². The van der Waals surface area contributed by atoms with Crippen molar-refractivity contribution in [3.8, 4) is 0 Å². The van der Waals surface area contributed by atoms with Crippen LogP contribution in [0.3, 0.4) is 0 Å². The van der Waals surface area contributed by atoms with E-state index in [0.29, 0.717) is 6.61 Å². The molecule has 1 heterocycles. The maximum absolute atomic E-state index is 12.1. The SMILES string of the molecule is O=S(=O)(NC1CCCOC1)c1cccc(Br)c1. The molecule has 4 nitrogen and oxygen atoms in total. The Morgan fingerprint density at radius 3 is 2.88 bits per heavy atom. The van der Waals surface area contributed by atoms with Crippen molar-refractivity contribution in [2.24, 2.45) is 0 Å². The smallest absolute Gasteiger partial charge is 0.240 e. The molecule has 0 aliphatic carbocycles. The molecule has 1 unspecified atom stereocenters. The van der Waals surface area contributed by atoms with Crippen LogP contribution in [0.2, 0.25) is 0 Å². The van der Waals surface area contributed by atoms with E-state index in [-0.39, 0.29) is 10.9 Å². The van der Waals surface area contributed by atoms with Crippen LogP contribution >= 0.6 is 15.9 Å². The van der Waals surface area contributed by atoms with Crippen molar-refractivity contribution in [3.63, 3.8) is 0 Å². The molecule has 17 heavy (non-hydrogen) atoms. The number of ether oxygens (including phenoxy) is 1. The first-order valence-electron chi connectivity index (χ1n) is 5.43. The third kappa shape index (κ3) is 3.51. The average molecular weight is 320 g/mol. The van der Waals surface area contributed by atoms with Crippen molar-refractivity contribution in [3.05, 3.63) is 28.7 Å². The van der Waals surface area contributed by atoms with Crippen LogP contribution in [0.5, 0.6) is 0 Å². The predicted octanol–water partition coefficient (Wildman–Crippen LogP) is 1.91. The number of rotatable bonds is 3. The first kappa shape index (κ1) is 13.0. The maximum Gasteiger partial charge on any atom is 0.240 e. The average Bonchev–Trinajstić information content (AvgIpc) is 2.30. The zero-order chi connectivity index (χ0) is 12.3. The number of benzene rings is 1. The predicted molar refractivity (Wildman–Crippen MR) is 68.3 cm³/mol. The fourth-order valence-electron chi connectivity index (χ4n) is 1.76. The van der Waals surface area contributed by atoms with Gasteiger partial charge in [0.15, 0.2) is 0 Å². The first-order chi connectivity index (χ1) is 8.08. The summed E-state index contributed by atoms with van der Waals surface area (Å²) < 4.78 is 32.8. The summed E-state index contributed by atoms with van der Waals surface area (Å²) in [6.07, 6.45) is 1.72. The van der Waals surface area contributed by atoms with Gasteiger partial charge in [0.25, 0.3) is 0 Å². The quantitative estimate of drug-likeness (QED) is 0.925. The van der Waals surface area contributed by atoms with Gasteiger partial charge < -0.3 is 4.74 Å². The van der Waals surface area contributed by atoms with E-state index in [1.807, 2.05) is 0 Å². The molecule has 1 aliphatic rings. The van der Waals surface area contributed by atoms with Crippen LogP contribution in [0.1, 0.15) is 12.8 Å². The highest BCUT2D eigenvalue weighted by Gasteiger charge is 2.22. The summed E-state index contributed by atoms with van der Waals surface area (Å²) in [5, 5.41) is 0. The Kier molecular flexibility index (Phi) is 4.19. The Labute approximate surface area is 110 Å². The molecule has 94 valence electrons. The fourth-order valence-corrected chi connectivity index (χ4v) is 3.61. The van der Waals surface area contributed by atoms with Gasteiger partial charge in [-0.05, 0) is 31.0 Å². The third-order valence-electron chi connectivity index (χ3n) is 2.59. The molecule has 1 aromatic carbocycles. The van der Waals surface area contributed by atoms with Crippen LogP contribution in [0.4, 0.5) is 0 Å². The molecule has 1 aliphatic heterocycles. The molecular formula is C11H14BrNO3S. The molecular weight excluding hydrogens is 306 g/mol. The highest BCUT2D eigenvalue weighted by Crippen LogP contribution is 2.17. The molecule has 0 bridgehead atoms. The van der Waals surface area contributed by atoms with Gasteiger partial charge >= 0.3 is 0 Å². The Bertz CT molecular complexity index is 483. The number of hydrogen-bond acceptors (Lipinski definition) is 3. The van der Waals surface area contributed by atoms with E-state index in [9.17, 15) is 8.42 Å². The van der Waals surface area contributed by atoms with Gasteiger partial charge in [-0.25, -0.2) is 13.1 Å². The first-order valence-corrected chi connectivity index (χ1v) is 7.71. The lowest BCUT2D eigenvalue weighted by molar-refractivity contribution is 0.0774. The van der Waals surface area contributed by atoms with Crippen LogP contribution < -0.4 is 4.72 Å². The number of halogens is 1. The molecule has 1 N–H and O–H groups in total. The zero-order valence-corrected chi connectivity index (χ0v) is 11.6. The van der Waals surface area contributed by atoms with Gasteiger partial charge in [0.1, 0.15) is 0 Å². The normalized spacial score (nSPS) is 21.4. The molecule has 1 fully saturated rings. The lowest BCUT2D eigenvalue weighted by Gasteiger charge is -2.22. The largest absolute Gasteiger partial charge is 0.380 e. The molecule has 0 radical (unpaired) electrons. The standard InChI is InChI=1S/C11H14BrNO3S/c12-9-3-1-5-11(7-9)17(14,15)13-10-4-2-6-16-8-10/h1,3,5,7,10,13H,2,4,6,8H2. The maximum atomic E-state index is 12.1. The second-order valence-electron chi connectivity index (χ2n) is 3.99. The third-order valence-corrected chi connectivity index (χ3v) is 4.60. The molecule has 1 aromatic rings. The zero-order valence-electron chi connectivity index (χ0n) is 9.23. The van der Waals surface area contributed by atoms with Gasteiger partial charge in [0.2, 0.25) is 10.0 Å². The molecule has 1 saturated heterocycles. The molecule has 2 rings (SSSR count). The fraction of sp³-hybridized carbons (Fsp3) is 0.455. The van der Waals surface area contributed by atoms with Crippen molar-refractivity contribution in [2.75, 3.05) is 13.2 Å². The van der Waals surface area contributed by atoms with E-state index in [1.165, 1.54) is 0 Å². The van der Waals surface area contributed by atoms with E-state index in [4.69, 9.17) is 4.74 Å². The summed E-state index contributed by atoms with van der Waals surface area (Å²) in [5.41, 5.74) is 0. The molecule has 0 aromatic heterocycles. The Morgan fingerprint density at radius 1 is 1.41 bits per heavy atom. The highest BCUT2D eigenvalue weighted by atomic mass is 79.9. The van der Waals surface area contributed by atoms with Crippen LogP contribution in [-0.4, -0.2) is 27.7 Å². The van der Waals surface area contributed by atoms with E-state index >= 15 is 0 Å². The van der Waals surface area contributed by atoms with Crippen LogP contribution in [0.15, 0.2) is 33.6 Å². The molecule has 0 saturated carbocycles. The molecule has 6 heteroatoms. The van der Waals surface area contributed by atoms with E-state index < -0.39 is 10.0 Å². The van der Waals surface area contributed by atoms with Gasteiger partial charge in [-0.3, -0.25) is 0 Å². The minimum absolute atomic E-state index is 0.118. The topological polar surface area (TPSA) is 55.4 Å². The second-order valence-corrected chi connectivity index (χ2v) is 6.62. The molecule has 0 amide bonds. The van der Waals surface area contributed by atoms with Crippen LogP contribution in [0.25, 0.3) is 0 Å². The van der Waals surface area contributed by atoms with Crippen molar-refractivity contribution in [2.45, 2.75) is 23.8 Å². The lowest BCUT2D eigenvalue weighted by atomic mass is 10.1. The summed E-state index contributed by atoms with van der Waals surface area (Å²) in [6.45, 7) is 1.17. The minimum atomic E-state index is -3.44. The van der Waals surface area contributed by atoms with Gasteiger partial charge in [-0.2, -0.15) is 0 Å². The van der Waals surface area contributed by atoms with E-state index in [1.54, 1.807) is 24.3 Å². The number of sulfonamides is 1. The van der Waals surface area contributed by atoms with Crippen LogP contribution in [-0.2, 0) is 14.8 Å². The van der Waals surface area contributed by atoms with E-state index in [2.05, 4.69) is 20.7 Å². The van der Waals surface area contributed by atoms with Gasteiger partial charge in [0.05, 0.1) is 11.5 Å². The number of nitrogens with one attached hydrogen (secondary N) is 1. The Hall–Kier alpha value is -0.430. The van der Waals surface area contributed by atoms with Crippen molar-refractivity contribution >= 4 is 26.0 Å². The minimum Gasteiger partial charge on any atom is -0.380 e. The van der Waals surface area contributed by atoms with Crippen molar-refractivity contribution in [1.82, 2.24) is 4.72 Å². The van der Waals surface area contributed by atoms with Crippen LogP contribution in [0, 0.1) is 0 Å². The summed E-state index contributed by atoms with van der Waals surface area (Å²) in [7, 11) is -3.44. The summed E-state index contributed by atoms with van der Waals surface area (Å²) in [5.74, 6) is 0. The van der Waals surface area contributed by atoms with Crippen molar-refractivity contribution < 1.29 is 13.2 Å². The number of hydrogen-bond donors (Lipinski definition) is 1. The summed E-state index contributed by atoms with van der Waals surface area (Å²) in [4.78, 5) is 0.275. The van der Waals surface area contributed by atoms with Gasteiger partial charge in [0, 0.05) is 17.1 Å². The molecule has 0 spiro atoms. The lowest BCUT2D eigenvalue weighted by Crippen LogP contribution is -2.40. The van der Waals surface area contributed by atoms with E-state index in [0.717, 1.165) is 23.9 Å². The summed E-state index contributed by atoms with van der Waals surface area (Å²) >= 11 is 3.26. The molecule has 1 atom stereocenters. The van der Waals surface area contributed by atoms with Gasteiger partial charge in [-0.1, -0.05) is 22.0 Å². The monoisotopic (exact) mass is 319 g/mol.